The van der Waals surface area contributed by atoms with Crippen LogP contribution in [0.15, 0.2) is 48.5 Å². The smallest absolute Gasteiger partial charge is 0.313 e. The zero-order valence-corrected chi connectivity index (χ0v) is 17.2. The Hall–Kier alpha value is -3.39. The second kappa shape index (κ2) is 12.2. The predicted molar refractivity (Wildman–Crippen MR) is 113 cm³/mol. The van der Waals surface area contributed by atoms with E-state index in [9.17, 15) is 14.4 Å². The first-order chi connectivity index (χ1) is 14.5. The molecule has 8 heteroatoms. The van der Waals surface area contributed by atoms with Crippen molar-refractivity contribution in [3.8, 4) is 5.75 Å². The van der Waals surface area contributed by atoms with Gasteiger partial charge in [-0.2, -0.15) is 0 Å². The van der Waals surface area contributed by atoms with E-state index in [0.29, 0.717) is 32.7 Å². The van der Waals surface area contributed by atoms with Gasteiger partial charge in [-0.25, -0.2) is 0 Å². The Morgan fingerprint density at radius 1 is 0.933 bits per heavy atom. The van der Waals surface area contributed by atoms with Crippen LogP contribution in [0.4, 0.5) is 5.69 Å². The topological polar surface area (TPSA) is 106 Å². The minimum Gasteiger partial charge on any atom is -0.497 e. The van der Waals surface area contributed by atoms with E-state index < -0.39 is 11.8 Å². The maximum atomic E-state index is 12.6. The second-order valence-corrected chi connectivity index (χ2v) is 6.34. The van der Waals surface area contributed by atoms with E-state index in [2.05, 4.69) is 16.0 Å². The molecule has 2 aromatic carbocycles. The van der Waals surface area contributed by atoms with Crippen molar-refractivity contribution >= 4 is 23.4 Å². The Balaban J connectivity index is 1.91. The summed E-state index contributed by atoms with van der Waals surface area (Å²) in [5.41, 5.74) is 1.43. The Kier molecular flexibility index (Phi) is 9.33. The van der Waals surface area contributed by atoms with Gasteiger partial charge in [0.15, 0.2) is 0 Å². The summed E-state index contributed by atoms with van der Waals surface area (Å²) in [4.78, 5) is 36.7. The number of carbonyl (C=O) groups excluding carboxylic acids is 3. The van der Waals surface area contributed by atoms with Crippen LogP contribution in [0, 0.1) is 0 Å². The second-order valence-electron chi connectivity index (χ2n) is 6.34. The largest absolute Gasteiger partial charge is 0.497 e. The Morgan fingerprint density at radius 3 is 2.37 bits per heavy atom. The molecule has 2 rings (SSSR count). The monoisotopic (exact) mass is 413 g/mol. The van der Waals surface area contributed by atoms with Gasteiger partial charge in [-0.3, -0.25) is 14.4 Å². The minimum absolute atomic E-state index is 0.263. The number of rotatable bonds is 10. The van der Waals surface area contributed by atoms with Crippen LogP contribution in [-0.2, 0) is 20.9 Å². The summed E-state index contributed by atoms with van der Waals surface area (Å²) in [7, 11) is 1.59. The predicted octanol–water partition coefficient (Wildman–Crippen LogP) is 2.11. The van der Waals surface area contributed by atoms with Crippen LogP contribution in [0.2, 0.25) is 0 Å². The summed E-state index contributed by atoms with van der Waals surface area (Å²) >= 11 is 0. The maximum absolute atomic E-state index is 12.6. The van der Waals surface area contributed by atoms with Gasteiger partial charge >= 0.3 is 11.8 Å². The van der Waals surface area contributed by atoms with E-state index in [-0.39, 0.29) is 17.2 Å². The summed E-state index contributed by atoms with van der Waals surface area (Å²) in [6.07, 6.45) is 0.608. The molecule has 0 aliphatic rings. The van der Waals surface area contributed by atoms with Crippen LogP contribution >= 0.6 is 0 Å². The molecule has 0 fully saturated rings. The lowest BCUT2D eigenvalue weighted by molar-refractivity contribution is -0.136. The van der Waals surface area contributed by atoms with E-state index in [0.717, 1.165) is 11.3 Å². The van der Waals surface area contributed by atoms with Gasteiger partial charge in [0.1, 0.15) is 5.75 Å². The molecule has 0 aromatic heterocycles. The fourth-order valence-electron chi connectivity index (χ4n) is 2.59. The Labute approximate surface area is 175 Å². The molecule has 0 saturated heterocycles. The highest BCUT2D eigenvalue weighted by atomic mass is 16.5. The first-order valence-corrected chi connectivity index (χ1v) is 9.72. The quantitative estimate of drug-likeness (QED) is 0.409. The lowest BCUT2D eigenvalue weighted by atomic mass is 10.1. The molecule has 160 valence electrons. The third-order valence-corrected chi connectivity index (χ3v) is 4.19. The number of carbonyl (C=O) groups is 3. The van der Waals surface area contributed by atoms with Gasteiger partial charge in [-0.15, -0.1) is 0 Å². The molecule has 3 N–H and O–H groups in total. The fourth-order valence-corrected chi connectivity index (χ4v) is 2.59. The van der Waals surface area contributed by atoms with Gasteiger partial charge in [-0.1, -0.05) is 24.3 Å². The summed E-state index contributed by atoms with van der Waals surface area (Å²) in [5, 5.41) is 7.83. The van der Waals surface area contributed by atoms with Crippen molar-refractivity contribution in [1.29, 1.82) is 0 Å². The molecule has 0 unspecified atom stereocenters. The van der Waals surface area contributed by atoms with E-state index in [1.165, 1.54) is 0 Å². The Bertz CT molecular complexity index is 852. The number of anilines is 1. The van der Waals surface area contributed by atoms with Gasteiger partial charge in [-0.05, 0) is 43.2 Å². The molecule has 8 nitrogen and oxygen atoms in total. The number of methoxy groups -OCH3 is 1. The molecule has 2 aromatic rings. The normalized spacial score (nSPS) is 10.2. The fraction of sp³-hybridized carbons (Fsp3) is 0.318. The van der Waals surface area contributed by atoms with Crippen LogP contribution in [0.3, 0.4) is 0 Å². The van der Waals surface area contributed by atoms with E-state index >= 15 is 0 Å². The molecule has 0 aliphatic carbocycles. The van der Waals surface area contributed by atoms with Crippen molar-refractivity contribution in [2.45, 2.75) is 19.9 Å². The molecule has 0 bridgehead atoms. The molecular weight excluding hydrogens is 386 g/mol. The summed E-state index contributed by atoms with van der Waals surface area (Å²) < 4.78 is 10.3. The third kappa shape index (κ3) is 7.21. The van der Waals surface area contributed by atoms with Gasteiger partial charge in [0.2, 0.25) is 0 Å². The van der Waals surface area contributed by atoms with Crippen LogP contribution in [0.1, 0.15) is 29.3 Å². The van der Waals surface area contributed by atoms with Crippen LogP contribution in [-0.4, -0.2) is 44.6 Å². The van der Waals surface area contributed by atoms with Crippen LogP contribution in [0.25, 0.3) is 0 Å². The van der Waals surface area contributed by atoms with Crippen molar-refractivity contribution < 1.29 is 23.9 Å². The molecule has 0 radical (unpaired) electrons. The molecule has 0 aliphatic heterocycles. The number of para-hydroxylation sites is 1. The van der Waals surface area contributed by atoms with Crippen LogP contribution < -0.4 is 20.7 Å². The number of hydrogen-bond acceptors (Lipinski definition) is 5. The van der Waals surface area contributed by atoms with Gasteiger partial charge in [0.05, 0.1) is 18.4 Å². The van der Waals surface area contributed by atoms with Gasteiger partial charge in [0.25, 0.3) is 5.91 Å². The summed E-state index contributed by atoms with van der Waals surface area (Å²) in [5.74, 6) is -1.23. The van der Waals surface area contributed by atoms with Crippen molar-refractivity contribution in [1.82, 2.24) is 10.6 Å². The van der Waals surface area contributed by atoms with Crippen molar-refractivity contribution in [3.05, 3.63) is 59.7 Å². The minimum atomic E-state index is -0.832. The van der Waals surface area contributed by atoms with Crippen molar-refractivity contribution in [2.75, 3.05) is 32.2 Å². The number of nitrogens with one attached hydrogen (secondary N) is 3. The van der Waals surface area contributed by atoms with E-state index in [4.69, 9.17) is 9.47 Å². The number of hydrogen-bond donors (Lipinski definition) is 3. The standard InChI is InChI=1S/C22H27N3O5/c1-3-30-14-6-13-23-21(27)22(28)25-19-8-5-4-7-18(19)20(26)24-15-16-9-11-17(29-2)12-10-16/h4-5,7-12H,3,6,13-15H2,1-2H3,(H,23,27)(H,24,26)(H,25,28). The molecule has 30 heavy (non-hydrogen) atoms. The molecule has 0 atom stereocenters. The molecular formula is C22H27N3O5. The highest BCUT2D eigenvalue weighted by molar-refractivity contribution is 6.40. The average molecular weight is 413 g/mol. The highest BCUT2D eigenvalue weighted by Gasteiger charge is 2.17. The maximum Gasteiger partial charge on any atom is 0.313 e. The molecule has 3 amide bonds. The van der Waals surface area contributed by atoms with Crippen molar-refractivity contribution in [3.63, 3.8) is 0 Å². The zero-order chi connectivity index (χ0) is 21.8. The van der Waals surface area contributed by atoms with Crippen molar-refractivity contribution in [2.24, 2.45) is 0 Å². The third-order valence-electron chi connectivity index (χ3n) is 4.19. The summed E-state index contributed by atoms with van der Waals surface area (Å²) in [6, 6.07) is 13.8. The van der Waals surface area contributed by atoms with E-state index in [1.807, 2.05) is 31.2 Å². The first kappa shape index (κ1) is 22.9. The summed E-state index contributed by atoms with van der Waals surface area (Å²) in [6.45, 7) is 3.64. The van der Waals surface area contributed by atoms with Gasteiger partial charge in [0, 0.05) is 26.3 Å². The highest BCUT2D eigenvalue weighted by Crippen LogP contribution is 2.16. The Morgan fingerprint density at radius 2 is 1.67 bits per heavy atom. The van der Waals surface area contributed by atoms with Crippen LogP contribution in [0.5, 0.6) is 5.75 Å². The molecule has 0 heterocycles. The lowest BCUT2D eigenvalue weighted by Crippen LogP contribution is -2.36. The number of benzene rings is 2. The molecule has 0 spiro atoms. The first-order valence-electron chi connectivity index (χ1n) is 9.72. The SMILES string of the molecule is CCOCCCNC(=O)C(=O)Nc1ccccc1C(=O)NCc1ccc(OC)cc1. The zero-order valence-electron chi connectivity index (χ0n) is 17.2. The molecule has 0 saturated carbocycles. The number of ether oxygens (including phenoxy) is 2. The average Bonchev–Trinajstić information content (AvgIpc) is 2.77. The van der Waals surface area contributed by atoms with E-state index in [1.54, 1.807) is 31.4 Å². The number of amides is 3. The van der Waals surface area contributed by atoms with Gasteiger partial charge < -0.3 is 25.4 Å². The lowest BCUT2D eigenvalue weighted by Gasteiger charge is -2.12.